The molecule has 0 aromatic heterocycles. The van der Waals surface area contributed by atoms with Crippen molar-refractivity contribution in [2.45, 2.75) is 9.79 Å². The summed E-state index contributed by atoms with van der Waals surface area (Å²) in [4.78, 5) is 1.42. The van der Waals surface area contributed by atoms with E-state index in [1.165, 1.54) is 23.9 Å². The molecule has 98 valence electrons. The highest BCUT2D eigenvalue weighted by Gasteiger charge is 2.14. The van der Waals surface area contributed by atoms with Crippen LogP contribution in [0.25, 0.3) is 0 Å². The highest BCUT2D eigenvalue weighted by Crippen LogP contribution is 2.33. The Kier molecular flexibility index (Phi) is 4.24. The minimum atomic E-state index is -0.678. The van der Waals surface area contributed by atoms with Crippen molar-refractivity contribution < 1.29 is 9.13 Å². The average Bonchev–Trinajstić information content (AvgIpc) is 2.49. The van der Waals surface area contributed by atoms with E-state index in [1.807, 2.05) is 18.2 Å². The summed E-state index contributed by atoms with van der Waals surface area (Å²) in [5.74, 6) is 0.0507. The summed E-state index contributed by atoms with van der Waals surface area (Å²) < 4.78 is 18.5. The molecule has 0 fully saturated rings. The molecule has 0 bridgehead atoms. The number of nitriles is 2. The molecule has 3 nitrogen and oxygen atoms in total. The number of hydrogen-bond acceptors (Lipinski definition) is 4. The molecular formula is C15H9FN2OS. The SMILES string of the molecule is COc1ccc(Sc2ccc(F)c(C#N)c2C#N)cc1. The fraction of sp³-hybridized carbons (Fsp3) is 0.0667. The van der Waals surface area contributed by atoms with Crippen LogP contribution in [0.5, 0.6) is 5.75 Å². The van der Waals surface area contributed by atoms with Gasteiger partial charge in [-0.2, -0.15) is 10.5 Å². The lowest BCUT2D eigenvalue weighted by Gasteiger charge is -2.06. The second-order valence-corrected chi connectivity index (χ2v) is 4.91. The predicted molar refractivity (Wildman–Crippen MR) is 72.9 cm³/mol. The summed E-state index contributed by atoms with van der Waals surface area (Å²) in [6, 6.07) is 13.6. The van der Waals surface area contributed by atoms with Gasteiger partial charge in [-0.05, 0) is 36.4 Å². The Balaban J connectivity index is 2.39. The molecule has 2 aromatic carbocycles. The second-order valence-electron chi connectivity index (χ2n) is 3.80. The third kappa shape index (κ3) is 2.74. The third-order valence-corrected chi connectivity index (χ3v) is 3.70. The van der Waals surface area contributed by atoms with Crippen molar-refractivity contribution in [1.29, 1.82) is 10.5 Å². The van der Waals surface area contributed by atoms with E-state index in [4.69, 9.17) is 15.3 Å². The van der Waals surface area contributed by atoms with Gasteiger partial charge in [-0.15, -0.1) is 0 Å². The first-order valence-electron chi connectivity index (χ1n) is 5.64. The summed E-state index contributed by atoms with van der Waals surface area (Å²) >= 11 is 1.30. The smallest absolute Gasteiger partial charge is 0.142 e. The summed E-state index contributed by atoms with van der Waals surface area (Å²) in [7, 11) is 1.58. The minimum Gasteiger partial charge on any atom is -0.497 e. The summed E-state index contributed by atoms with van der Waals surface area (Å²) in [6.07, 6.45) is 0. The first-order chi connectivity index (χ1) is 9.69. The van der Waals surface area contributed by atoms with Gasteiger partial charge in [-0.1, -0.05) is 11.8 Å². The van der Waals surface area contributed by atoms with E-state index >= 15 is 0 Å². The molecule has 0 amide bonds. The molecular weight excluding hydrogens is 275 g/mol. The summed E-state index contributed by atoms with van der Waals surface area (Å²) in [5, 5.41) is 18.0. The second kappa shape index (κ2) is 6.10. The third-order valence-electron chi connectivity index (χ3n) is 2.63. The van der Waals surface area contributed by atoms with Gasteiger partial charge >= 0.3 is 0 Å². The molecule has 0 radical (unpaired) electrons. The van der Waals surface area contributed by atoms with Crippen molar-refractivity contribution in [2.75, 3.05) is 7.11 Å². The topological polar surface area (TPSA) is 56.8 Å². The van der Waals surface area contributed by atoms with E-state index in [1.54, 1.807) is 25.3 Å². The first kappa shape index (κ1) is 13.9. The molecule has 0 saturated carbocycles. The Bertz CT molecular complexity index is 714. The summed E-state index contributed by atoms with van der Waals surface area (Å²) in [5.41, 5.74) is -0.153. The lowest BCUT2D eigenvalue weighted by Crippen LogP contribution is -1.92. The van der Waals surface area contributed by atoms with Crippen molar-refractivity contribution in [3.05, 3.63) is 53.3 Å². The molecule has 0 atom stereocenters. The molecule has 5 heteroatoms. The number of rotatable bonds is 3. The highest BCUT2D eigenvalue weighted by molar-refractivity contribution is 7.99. The van der Waals surface area contributed by atoms with Gasteiger partial charge in [-0.3, -0.25) is 0 Å². The number of nitrogens with zero attached hydrogens (tertiary/aromatic N) is 2. The van der Waals surface area contributed by atoms with Gasteiger partial charge in [0.2, 0.25) is 0 Å². The summed E-state index contributed by atoms with van der Waals surface area (Å²) in [6.45, 7) is 0. The Morgan fingerprint density at radius 3 is 2.20 bits per heavy atom. The van der Waals surface area contributed by atoms with Gasteiger partial charge in [0.15, 0.2) is 0 Å². The monoisotopic (exact) mass is 284 g/mol. The van der Waals surface area contributed by atoms with Gasteiger partial charge in [0.25, 0.3) is 0 Å². The standard InChI is InChI=1S/C15H9FN2OS/c1-19-10-2-4-11(5-3-10)20-15-7-6-14(16)12(8-17)13(15)9-18/h2-7H,1H3. The molecule has 0 heterocycles. The van der Waals surface area contributed by atoms with E-state index in [2.05, 4.69) is 0 Å². The van der Waals surface area contributed by atoms with Gasteiger partial charge in [0, 0.05) is 9.79 Å². The average molecular weight is 284 g/mol. The van der Waals surface area contributed by atoms with Crippen LogP contribution in [0.1, 0.15) is 11.1 Å². The molecule has 0 aliphatic carbocycles. The molecule has 20 heavy (non-hydrogen) atoms. The van der Waals surface area contributed by atoms with Gasteiger partial charge in [-0.25, -0.2) is 4.39 Å². The fourth-order valence-corrected chi connectivity index (χ4v) is 2.55. The van der Waals surface area contributed by atoms with E-state index in [-0.39, 0.29) is 11.1 Å². The van der Waals surface area contributed by atoms with Crippen molar-refractivity contribution in [3.63, 3.8) is 0 Å². The maximum absolute atomic E-state index is 13.5. The molecule has 0 N–H and O–H groups in total. The van der Waals surface area contributed by atoms with E-state index in [0.29, 0.717) is 4.90 Å². The number of hydrogen-bond donors (Lipinski definition) is 0. The van der Waals surface area contributed by atoms with Crippen LogP contribution in [0.3, 0.4) is 0 Å². The number of benzene rings is 2. The lowest BCUT2D eigenvalue weighted by molar-refractivity contribution is 0.414. The Labute approximate surface area is 120 Å². The molecule has 2 rings (SSSR count). The van der Waals surface area contributed by atoms with Crippen molar-refractivity contribution in [3.8, 4) is 17.9 Å². The minimum absolute atomic E-state index is 0.0633. The van der Waals surface area contributed by atoms with Crippen LogP contribution >= 0.6 is 11.8 Å². The van der Waals surface area contributed by atoms with Crippen LogP contribution in [0.4, 0.5) is 4.39 Å². The van der Waals surface area contributed by atoms with Gasteiger partial charge < -0.3 is 4.74 Å². The Morgan fingerprint density at radius 2 is 1.65 bits per heavy atom. The normalized spacial score (nSPS) is 9.60. The van der Waals surface area contributed by atoms with E-state index in [0.717, 1.165) is 10.6 Å². The maximum atomic E-state index is 13.5. The quantitative estimate of drug-likeness (QED) is 0.861. The Hall–Kier alpha value is -2.50. The highest BCUT2D eigenvalue weighted by atomic mass is 32.2. The van der Waals surface area contributed by atoms with Crippen LogP contribution in [0, 0.1) is 28.5 Å². The largest absolute Gasteiger partial charge is 0.497 e. The lowest BCUT2D eigenvalue weighted by atomic mass is 10.1. The number of methoxy groups -OCH3 is 1. The predicted octanol–water partition coefficient (Wildman–Crippen LogP) is 3.73. The van der Waals surface area contributed by atoms with Gasteiger partial charge in [0.1, 0.15) is 29.3 Å². The fourth-order valence-electron chi connectivity index (χ4n) is 1.63. The Morgan fingerprint density at radius 1 is 1.00 bits per heavy atom. The zero-order valence-electron chi connectivity index (χ0n) is 10.6. The van der Waals surface area contributed by atoms with Gasteiger partial charge in [0.05, 0.1) is 12.7 Å². The molecule has 0 spiro atoms. The van der Waals surface area contributed by atoms with Crippen LogP contribution in [0.15, 0.2) is 46.2 Å². The van der Waals surface area contributed by atoms with Crippen LogP contribution in [0.2, 0.25) is 0 Å². The molecule has 0 unspecified atom stereocenters. The molecule has 2 aromatic rings. The van der Waals surface area contributed by atoms with Crippen molar-refractivity contribution in [2.24, 2.45) is 0 Å². The van der Waals surface area contributed by atoms with Crippen molar-refractivity contribution >= 4 is 11.8 Å². The first-order valence-corrected chi connectivity index (χ1v) is 6.46. The number of ether oxygens (including phenoxy) is 1. The van der Waals surface area contributed by atoms with Crippen LogP contribution in [-0.4, -0.2) is 7.11 Å². The van der Waals surface area contributed by atoms with Crippen LogP contribution in [-0.2, 0) is 0 Å². The van der Waals surface area contributed by atoms with Crippen LogP contribution < -0.4 is 4.74 Å². The molecule has 0 saturated heterocycles. The van der Waals surface area contributed by atoms with E-state index in [9.17, 15) is 4.39 Å². The zero-order chi connectivity index (χ0) is 14.5. The molecule has 0 aliphatic rings. The van der Waals surface area contributed by atoms with E-state index < -0.39 is 5.82 Å². The molecule has 0 aliphatic heterocycles. The van der Waals surface area contributed by atoms with Crippen molar-refractivity contribution in [1.82, 2.24) is 0 Å². The zero-order valence-corrected chi connectivity index (χ0v) is 11.4. The maximum Gasteiger partial charge on any atom is 0.142 e. The number of halogens is 1.